The van der Waals surface area contributed by atoms with Crippen molar-refractivity contribution in [3.63, 3.8) is 0 Å². The van der Waals surface area contributed by atoms with Crippen molar-refractivity contribution < 1.29 is 0 Å². The van der Waals surface area contributed by atoms with E-state index in [0.717, 1.165) is 12.5 Å². The molecule has 0 aromatic carbocycles. The molecule has 80 valence electrons. The lowest BCUT2D eigenvalue weighted by Gasteiger charge is -2.15. The zero-order valence-electron chi connectivity index (χ0n) is 9.75. The summed E-state index contributed by atoms with van der Waals surface area (Å²) in [5.74, 6) is 0.772. The highest BCUT2D eigenvalue weighted by Gasteiger charge is 2.04. The van der Waals surface area contributed by atoms with Crippen molar-refractivity contribution >= 4 is 0 Å². The summed E-state index contributed by atoms with van der Waals surface area (Å²) in [5.41, 5.74) is 1.36. The van der Waals surface area contributed by atoms with Crippen molar-refractivity contribution in [3.8, 4) is 0 Å². The smallest absolute Gasteiger partial charge is 0.0223 e. The molecule has 0 saturated carbocycles. The fraction of sp³-hybridized carbons (Fsp3) is 0.667. The van der Waals surface area contributed by atoms with Crippen molar-refractivity contribution in [1.29, 1.82) is 0 Å². The Morgan fingerprint density at radius 1 is 1.36 bits per heavy atom. The third-order valence-corrected chi connectivity index (χ3v) is 2.37. The number of hydrogen-bond donors (Lipinski definition) is 1. The Bertz CT molecular complexity index is 263. The van der Waals surface area contributed by atoms with Gasteiger partial charge in [-0.25, -0.2) is 0 Å². The largest absolute Gasteiger partial charge is 0.357 e. The van der Waals surface area contributed by atoms with Crippen LogP contribution in [0.15, 0.2) is 18.5 Å². The summed E-state index contributed by atoms with van der Waals surface area (Å²) in [6.07, 6.45) is 5.49. The van der Waals surface area contributed by atoms with Gasteiger partial charge in [-0.2, -0.15) is 0 Å². The molecule has 2 nitrogen and oxygen atoms in total. The Kier molecular flexibility index (Phi) is 4.21. The van der Waals surface area contributed by atoms with Gasteiger partial charge in [0.05, 0.1) is 0 Å². The lowest BCUT2D eigenvalue weighted by molar-refractivity contribution is 0.441. The van der Waals surface area contributed by atoms with E-state index in [0.29, 0.717) is 6.04 Å². The third kappa shape index (κ3) is 3.97. The summed E-state index contributed by atoms with van der Waals surface area (Å²) in [4.78, 5) is 0. The first-order chi connectivity index (χ1) is 6.58. The van der Waals surface area contributed by atoms with Gasteiger partial charge < -0.3 is 9.88 Å². The lowest BCUT2D eigenvalue weighted by Crippen LogP contribution is -2.26. The highest BCUT2D eigenvalue weighted by Crippen LogP contribution is 2.05. The van der Waals surface area contributed by atoms with Crippen LogP contribution in [0.4, 0.5) is 0 Å². The van der Waals surface area contributed by atoms with E-state index in [9.17, 15) is 0 Å². The number of rotatable bonds is 5. The molecule has 1 rings (SSSR count). The number of hydrogen-bond acceptors (Lipinski definition) is 1. The monoisotopic (exact) mass is 194 g/mol. The Morgan fingerprint density at radius 3 is 2.57 bits per heavy atom. The summed E-state index contributed by atoms with van der Waals surface area (Å²) >= 11 is 0. The molecular formula is C12H22N2. The molecule has 2 heteroatoms. The summed E-state index contributed by atoms with van der Waals surface area (Å²) < 4.78 is 2.09. The molecular weight excluding hydrogens is 172 g/mol. The van der Waals surface area contributed by atoms with E-state index in [-0.39, 0.29) is 0 Å². The van der Waals surface area contributed by atoms with Gasteiger partial charge >= 0.3 is 0 Å². The highest BCUT2D eigenvalue weighted by atomic mass is 14.9. The zero-order valence-corrected chi connectivity index (χ0v) is 9.75. The number of aromatic nitrogens is 1. The fourth-order valence-electron chi connectivity index (χ4n) is 1.75. The predicted molar refractivity (Wildman–Crippen MR) is 61.2 cm³/mol. The highest BCUT2D eigenvalue weighted by molar-refractivity contribution is 5.09. The SMILES string of the molecule is CC(C)CC(C)NCc1ccn(C)c1. The number of nitrogens with one attached hydrogen (secondary N) is 1. The first kappa shape index (κ1) is 11.3. The molecule has 0 spiro atoms. The predicted octanol–water partition coefficient (Wildman–Crippen LogP) is 2.55. The molecule has 0 bridgehead atoms. The first-order valence-corrected chi connectivity index (χ1v) is 5.42. The van der Waals surface area contributed by atoms with Crippen LogP contribution in [0.2, 0.25) is 0 Å². The minimum absolute atomic E-state index is 0.607. The quantitative estimate of drug-likeness (QED) is 0.762. The molecule has 1 atom stereocenters. The van der Waals surface area contributed by atoms with Gasteiger partial charge in [-0.05, 0) is 30.9 Å². The van der Waals surface area contributed by atoms with E-state index in [4.69, 9.17) is 0 Å². The van der Waals surface area contributed by atoms with E-state index in [1.807, 2.05) is 0 Å². The van der Waals surface area contributed by atoms with E-state index in [2.05, 4.69) is 56.2 Å². The van der Waals surface area contributed by atoms with Crippen molar-refractivity contribution in [2.75, 3.05) is 0 Å². The lowest BCUT2D eigenvalue weighted by atomic mass is 10.1. The van der Waals surface area contributed by atoms with Gasteiger partial charge in [0.15, 0.2) is 0 Å². The van der Waals surface area contributed by atoms with Gasteiger partial charge in [0.25, 0.3) is 0 Å². The van der Waals surface area contributed by atoms with Crippen molar-refractivity contribution in [3.05, 3.63) is 24.0 Å². The summed E-state index contributed by atoms with van der Waals surface area (Å²) in [7, 11) is 2.06. The van der Waals surface area contributed by atoms with Gasteiger partial charge in [-0.15, -0.1) is 0 Å². The molecule has 14 heavy (non-hydrogen) atoms. The second-order valence-corrected chi connectivity index (χ2v) is 4.60. The van der Waals surface area contributed by atoms with Crippen LogP contribution < -0.4 is 5.32 Å². The van der Waals surface area contributed by atoms with Crippen LogP contribution in [0, 0.1) is 5.92 Å². The molecule has 0 radical (unpaired) electrons. The van der Waals surface area contributed by atoms with Crippen LogP contribution in [0.3, 0.4) is 0 Å². The Labute approximate surface area is 87.3 Å². The second-order valence-electron chi connectivity index (χ2n) is 4.60. The first-order valence-electron chi connectivity index (χ1n) is 5.42. The van der Waals surface area contributed by atoms with Gasteiger partial charge in [0.1, 0.15) is 0 Å². The van der Waals surface area contributed by atoms with Crippen LogP contribution in [0.5, 0.6) is 0 Å². The summed E-state index contributed by atoms with van der Waals surface area (Å²) in [6, 6.07) is 2.77. The number of aryl methyl sites for hydroxylation is 1. The molecule has 0 saturated heterocycles. The molecule has 0 amide bonds. The molecule has 0 aliphatic rings. The second kappa shape index (κ2) is 5.20. The Balaban J connectivity index is 2.26. The maximum atomic E-state index is 3.53. The zero-order chi connectivity index (χ0) is 10.6. The number of nitrogens with zero attached hydrogens (tertiary/aromatic N) is 1. The standard InChI is InChI=1S/C12H22N2/c1-10(2)7-11(3)13-8-12-5-6-14(4)9-12/h5-6,9-11,13H,7-8H2,1-4H3. The van der Waals surface area contributed by atoms with Gasteiger partial charge in [-0.3, -0.25) is 0 Å². The van der Waals surface area contributed by atoms with E-state index < -0.39 is 0 Å². The van der Waals surface area contributed by atoms with E-state index in [1.165, 1.54) is 12.0 Å². The normalized spacial score (nSPS) is 13.5. The van der Waals surface area contributed by atoms with E-state index >= 15 is 0 Å². The molecule has 0 aliphatic carbocycles. The third-order valence-electron chi connectivity index (χ3n) is 2.37. The van der Waals surface area contributed by atoms with Crippen LogP contribution in [-0.4, -0.2) is 10.6 Å². The molecule has 1 aromatic heterocycles. The van der Waals surface area contributed by atoms with Crippen LogP contribution >= 0.6 is 0 Å². The fourth-order valence-corrected chi connectivity index (χ4v) is 1.75. The maximum Gasteiger partial charge on any atom is 0.0223 e. The Morgan fingerprint density at radius 2 is 2.07 bits per heavy atom. The van der Waals surface area contributed by atoms with E-state index in [1.54, 1.807) is 0 Å². The molecule has 1 heterocycles. The topological polar surface area (TPSA) is 17.0 Å². The van der Waals surface area contributed by atoms with Crippen LogP contribution in [0.1, 0.15) is 32.8 Å². The summed E-state index contributed by atoms with van der Waals surface area (Å²) in [5, 5.41) is 3.53. The van der Waals surface area contributed by atoms with Crippen molar-refractivity contribution in [2.24, 2.45) is 13.0 Å². The molecule has 0 aliphatic heterocycles. The minimum atomic E-state index is 0.607. The van der Waals surface area contributed by atoms with Crippen LogP contribution in [0.25, 0.3) is 0 Å². The molecule has 1 unspecified atom stereocenters. The van der Waals surface area contributed by atoms with Crippen molar-refractivity contribution in [2.45, 2.75) is 39.8 Å². The molecule has 0 fully saturated rings. The minimum Gasteiger partial charge on any atom is -0.357 e. The van der Waals surface area contributed by atoms with Gasteiger partial charge in [0.2, 0.25) is 0 Å². The maximum absolute atomic E-state index is 3.53. The Hall–Kier alpha value is -0.760. The van der Waals surface area contributed by atoms with Gasteiger partial charge in [-0.1, -0.05) is 13.8 Å². The summed E-state index contributed by atoms with van der Waals surface area (Å²) in [6.45, 7) is 7.76. The van der Waals surface area contributed by atoms with Crippen LogP contribution in [-0.2, 0) is 13.6 Å². The average Bonchev–Trinajstić information content (AvgIpc) is 2.47. The average molecular weight is 194 g/mol. The molecule has 1 N–H and O–H groups in total. The van der Waals surface area contributed by atoms with Gasteiger partial charge in [0, 0.05) is 32.0 Å². The van der Waals surface area contributed by atoms with Crippen molar-refractivity contribution in [1.82, 2.24) is 9.88 Å². The molecule has 1 aromatic rings.